The van der Waals surface area contributed by atoms with E-state index < -0.39 is 17.0 Å². The minimum absolute atomic E-state index is 0.105. The number of carboxylic acid groups (broad SMARTS) is 1. The third kappa shape index (κ3) is 3.43. The average molecular weight is 407 g/mol. The van der Waals surface area contributed by atoms with Crippen molar-refractivity contribution in [1.82, 2.24) is 9.55 Å². The first-order valence-electron chi connectivity index (χ1n) is 9.11. The number of benzene rings is 2. The second-order valence-corrected chi connectivity index (χ2v) is 7.98. The number of aromatic nitrogens is 2. The van der Waals surface area contributed by atoms with Gasteiger partial charge in [-0.1, -0.05) is 40.9 Å². The SMILES string of the molecule is Cc1ccc2c(c1)c(-c1ccnc3c(CS(=O)[O-])cccc13)c(C)n2CC(=O)O. The van der Waals surface area contributed by atoms with Gasteiger partial charge < -0.3 is 14.2 Å². The highest BCUT2D eigenvalue weighted by Gasteiger charge is 2.19. The number of para-hydroxylation sites is 1. The molecular formula is C22H19N2O4S-. The third-order valence-corrected chi connectivity index (χ3v) is 5.72. The maximum atomic E-state index is 11.4. The van der Waals surface area contributed by atoms with Crippen molar-refractivity contribution in [2.24, 2.45) is 0 Å². The van der Waals surface area contributed by atoms with Crippen molar-refractivity contribution in [3.05, 3.63) is 65.5 Å². The number of aryl methyl sites for hydroxylation is 1. The molecule has 2 aromatic carbocycles. The Morgan fingerprint density at radius 3 is 2.69 bits per heavy atom. The highest BCUT2D eigenvalue weighted by molar-refractivity contribution is 7.78. The molecule has 0 saturated carbocycles. The first-order chi connectivity index (χ1) is 13.9. The summed E-state index contributed by atoms with van der Waals surface area (Å²) in [4.78, 5) is 15.9. The van der Waals surface area contributed by atoms with Crippen molar-refractivity contribution in [2.75, 3.05) is 0 Å². The van der Waals surface area contributed by atoms with Gasteiger partial charge in [0.2, 0.25) is 0 Å². The van der Waals surface area contributed by atoms with Gasteiger partial charge >= 0.3 is 5.97 Å². The molecule has 4 rings (SSSR count). The normalized spacial score (nSPS) is 12.5. The van der Waals surface area contributed by atoms with E-state index in [4.69, 9.17) is 0 Å². The molecule has 0 saturated heterocycles. The molecule has 7 heteroatoms. The Labute approximate surface area is 170 Å². The van der Waals surface area contributed by atoms with Gasteiger partial charge in [-0.2, -0.15) is 0 Å². The Morgan fingerprint density at radius 2 is 1.97 bits per heavy atom. The fraction of sp³-hybridized carbons (Fsp3) is 0.182. The van der Waals surface area contributed by atoms with Crippen LogP contribution in [-0.4, -0.2) is 29.4 Å². The lowest BCUT2D eigenvalue weighted by Crippen LogP contribution is -2.09. The van der Waals surface area contributed by atoms with E-state index in [9.17, 15) is 18.7 Å². The fourth-order valence-corrected chi connectivity index (χ4v) is 4.46. The first kappa shape index (κ1) is 19.3. The Bertz CT molecular complexity index is 1290. The van der Waals surface area contributed by atoms with E-state index in [1.165, 1.54) is 0 Å². The van der Waals surface area contributed by atoms with Gasteiger partial charge in [0.25, 0.3) is 0 Å². The molecule has 2 aromatic heterocycles. The number of aliphatic carboxylic acids is 1. The van der Waals surface area contributed by atoms with Crippen LogP contribution in [0.25, 0.3) is 32.9 Å². The molecule has 4 aromatic rings. The number of carbonyl (C=O) groups is 1. The van der Waals surface area contributed by atoms with E-state index in [0.29, 0.717) is 11.1 Å². The van der Waals surface area contributed by atoms with Gasteiger partial charge in [0.1, 0.15) is 6.54 Å². The molecule has 29 heavy (non-hydrogen) atoms. The number of hydrogen-bond donors (Lipinski definition) is 1. The molecule has 1 unspecified atom stereocenters. The molecule has 1 N–H and O–H groups in total. The highest BCUT2D eigenvalue weighted by Crippen LogP contribution is 2.38. The summed E-state index contributed by atoms with van der Waals surface area (Å²) >= 11 is -2.22. The summed E-state index contributed by atoms with van der Waals surface area (Å²) in [6.07, 6.45) is 1.67. The average Bonchev–Trinajstić information content (AvgIpc) is 2.92. The lowest BCUT2D eigenvalue weighted by molar-refractivity contribution is -0.137. The molecule has 0 aliphatic heterocycles. The Hall–Kier alpha value is -3.03. The predicted molar refractivity (Wildman–Crippen MR) is 112 cm³/mol. The first-order valence-corrected chi connectivity index (χ1v) is 10.4. The van der Waals surface area contributed by atoms with Crippen molar-refractivity contribution >= 4 is 38.9 Å². The van der Waals surface area contributed by atoms with Crippen LogP contribution in [0.5, 0.6) is 0 Å². The quantitative estimate of drug-likeness (QED) is 0.506. The number of nitrogens with zero attached hydrogens (tertiary/aromatic N) is 2. The van der Waals surface area contributed by atoms with Crippen LogP contribution in [0, 0.1) is 13.8 Å². The molecule has 6 nitrogen and oxygen atoms in total. The van der Waals surface area contributed by atoms with Crippen LogP contribution < -0.4 is 0 Å². The van der Waals surface area contributed by atoms with Crippen molar-refractivity contribution in [3.63, 3.8) is 0 Å². The Balaban J connectivity index is 2.06. The Kier molecular flexibility index (Phi) is 4.94. The monoisotopic (exact) mass is 407 g/mol. The molecule has 1 atom stereocenters. The van der Waals surface area contributed by atoms with Crippen LogP contribution in [0.4, 0.5) is 0 Å². The predicted octanol–water partition coefficient (Wildman–Crippen LogP) is 3.94. The summed E-state index contributed by atoms with van der Waals surface area (Å²) in [5.74, 6) is -1.01. The van der Waals surface area contributed by atoms with Gasteiger partial charge in [-0.25, -0.2) is 0 Å². The maximum absolute atomic E-state index is 11.4. The van der Waals surface area contributed by atoms with Crippen LogP contribution in [0.1, 0.15) is 16.8 Å². The fourth-order valence-electron chi connectivity index (χ4n) is 3.97. The third-order valence-electron chi connectivity index (χ3n) is 5.17. The minimum Gasteiger partial charge on any atom is -0.772 e. The summed E-state index contributed by atoms with van der Waals surface area (Å²) in [5, 5.41) is 11.2. The van der Waals surface area contributed by atoms with Crippen molar-refractivity contribution in [3.8, 4) is 11.1 Å². The molecule has 0 aliphatic rings. The van der Waals surface area contributed by atoms with E-state index in [0.717, 1.165) is 38.7 Å². The summed E-state index contributed by atoms with van der Waals surface area (Å²) in [7, 11) is 0. The summed E-state index contributed by atoms with van der Waals surface area (Å²) < 4.78 is 24.3. The molecule has 0 spiro atoms. The van der Waals surface area contributed by atoms with Gasteiger partial charge in [0.05, 0.1) is 5.52 Å². The van der Waals surface area contributed by atoms with Crippen LogP contribution in [0.3, 0.4) is 0 Å². The van der Waals surface area contributed by atoms with E-state index in [2.05, 4.69) is 11.1 Å². The van der Waals surface area contributed by atoms with E-state index in [1.807, 2.05) is 44.2 Å². The van der Waals surface area contributed by atoms with Gasteiger partial charge in [0, 0.05) is 39.5 Å². The topological polar surface area (TPSA) is 95.2 Å². The van der Waals surface area contributed by atoms with Crippen molar-refractivity contribution in [2.45, 2.75) is 26.1 Å². The van der Waals surface area contributed by atoms with Crippen LogP contribution in [0.2, 0.25) is 0 Å². The van der Waals surface area contributed by atoms with Gasteiger partial charge in [-0.15, -0.1) is 0 Å². The lowest BCUT2D eigenvalue weighted by atomic mass is 9.97. The number of fused-ring (bicyclic) bond motifs is 2. The van der Waals surface area contributed by atoms with Crippen molar-refractivity contribution in [1.29, 1.82) is 0 Å². The molecule has 2 heterocycles. The highest BCUT2D eigenvalue weighted by atomic mass is 32.2. The molecule has 0 amide bonds. The Morgan fingerprint density at radius 1 is 1.17 bits per heavy atom. The zero-order chi connectivity index (χ0) is 20.7. The van der Waals surface area contributed by atoms with Crippen LogP contribution >= 0.6 is 0 Å². The molecule has 148 valence electrons. The second kappa shape index (κ2) is 7.42. The molecular weight excluding hydrogens is 388 g/mol. The molecule has 0 aliphatic carbocycles. The van der Waals surface area contributed by atoms with Gasteiger partial charge in [0.15, 0.2) is 0 Å². The number of pyridine rings is 1. The van der Waals surface area contributed by atoms with Gasteiger partial charge in [-0.05, 0) is 43.2 Å². The zero-order valence-corrected chi connectivity index (χ0v) is 16.8. The second-order valence-electron chi connectivity index (χ2n) is 7.08. The summed E-state index contributed by atoms with van der Waals surface area (Å²) in [6, 6.07) is 13.4. The maximum Gasteiger partial charge on any atom is 0.323 e. The molecule has 0 fully saturated rings. The standard InChI is InChI=1S/C22H20N2O4S/c1-13-6-7-19-18(10-13)21(14(2)24(19)11-20(25)26)16-8-9-23-22-15(12-29(27)28)4-3-5-17(16)22/h3-10H,11-12H2,1-2H3,(H,25,26)(H,27,28)/p-1. The van der Waals surface area contributed by atoms with Crippen LogP contribution in [-0.2, 0) is 28.2 Å². The number of rotatable bonds is 5. The van der Waals surface area contributed by atoms with E-state index >= 15 is 0 Å². The van der Waals surface area contributed by atoms with E-state index in [-0.39, 0.29) is 12.3 Å². The number of carboxylic acids is 1. The zero-order valence-electron chi connectivity index (χ0n) is 16.0. The van der Waals surface area contributed by atoms with Gasteiger partial charge in [-0.3, -0.25) is 14.0 Å². The van der Waals surface area contributed by atoms with Crippen molar-refractivity contribution < 1.29 is 18.7 Å². The van der Waals surface area contributed by atoms with E-state index in [1.54, 1.807) is 16.8 Å². The lowest BCUT2D eigenvalue weighted by Gasteiger charge is -2.12. The number of hydrogen-bond acceptors (Lipinski definition) is 4. The molecule has 0 bridgehead atoms. The molecule has 0 radical (unpaired) electrons. The summed E-state index contributed by atoms with van der Waals surface area (Å²) in [6.45, 7) is 3.78. The van der Waals surface area contributed by atoms with Crippen LogP contribution in [0.15, 0.2) is 48.7 Å². The largest absolute Gasteiger partial charge is 0.772 e. The smallest absolute Gasteiger partial charge is 0.323 e. The minimum atomic E-state index is -2.22. The summed E-state index contributed by atoms with van der Waals surface area (Å²) in [5.41, 5.74) is 5.90.